The molecule has 0 aliphatic carbocycles. The van der Waals surface area contributed by atoms with E-state index in [0.717, 1.165) is 17.4 Å². The predicted molar refractivity (Wildman–Crippen MR) is 90.6 cm³/mol. The predicted octanol–water partition coefficient (Wildman–Crippen LogP) is 3.09. The van der Waals surface area contributed by atoms with Crippen molar-refractivity contribution in [3.8, 4) is 0 Å². The second kappa shape index (κ2) is 7.65. The molecular weight excluding hydrogens is 328 g/mol. The quantitative estimate of drug-likeness (QED) is 0.872. The number of carbonyl (C=O) groups excluding carboxylic acids is 1. The maximum Gasteiger partial charge on any atom is 0.318 e. The molecule has 1 saturated heterocycles. The Labute approximate surface area is 144 Å². The van der Waals surface area contributed by atoms with Gasteiger partial charge in [0.05, 0.1) is 12.6 Å². The lowest BCUT2D eigenvalue weighted by atomic mass is 10.1. The Balaban J connectivity index is 1.67. The number of β-amino-alcohol motifs (C(OH)–C–C–N with tert-alkyl or cyclic N) is 1. The fourth-order valence-corrected chi connectivity index (χ4v) is 3.05. The van der Waals surface area contributed by atoms with Gasteiger partial charge in [0.15, 0.2) is 0 Å². The number of likely N-dealkylation sites (tertiary alicyclic amines) is 1. The number of carbonyl (C=O) groups is 1. The molecule has 1 aliphatic rings. The van der Waals surface area contributed by atoms with Crippen LogP contribution in [-0.4, -0.2) is 39.7 Å². The summed E-state index contributed by atoms with van der Waals surface area (Å²) < 4.78 is 26.6. The Hall–Kier alpha value is -2.41. The fraction of sp³-hybridized carbons (Fsp3) is 0.389. The van der Waals surface area contributed by atoms with Crippen molar-refractivity contribution in [2.45, 2.75) is 32.0 Å². The molecule has 2 N–H and O–H groups in total. The molecule has 1 aromatic heterocycles. The van der Waals surface area contributed by atoms with E-state index >= 15 is 0 Å². The van der Waals surface area contributed by atoms with Crippen molar-refractivity contribution in [3.05, 3.63) is 53.9 Å². The van der Waals surface area contributed by atoms with E-state index in [1.807, 2.05) is 0 Å². The molecule has 5 nitrogen and oxygen atoms in total. The number of hydrogen-bond acceptors (Lipinski definition) is 3. The van der Waals surface area contributed by atoms with E-state index in [0.29, 0.717) is 30.0 Å². The van der Waals surface area contributed by atoms with Crippen LogP contribution < -0.4 is 5.32 Å². The highest BCUT2D eigenvalue weighted by Gasteiger charge is 2.23. The van der Waals surface area contributed by atoms with Crippen molar-refractivity contribution in [3.63, 3.8) is 0 Å². The third-order valence-corrected chi connectivity index (χ3v) is 4.34. The summed E-state index contributed by atoms with van der Waals surface area (Å²) in [5.41, 5.74) is 1.67. The number of aliphatic hydroxyl groups is 1. The zero-order valence-corrected chi connectivity index (χ0v) is 13.7. The van der Waals surface area contributed by atoms with Gasteiger partial charge in [-0.3, -0.25) is 9.36 Å². The molecule has 1 aliphatic heterocycles. The minimum atomic E-state index is -2.58. The van der Waals surface area contributed by atoms with Crippen LogP contribution in [0.15, 0.2) is 42.6 Å². The van der Waals surface area contributed by atoms with Crippen LogP contribution >= 0.6 is 0 Å². The Morgan fingerprint density at radius 1 is 1.32 bits per heavy atom. The number of aliphatic hydroxyl groups excluding tert-OH is 1. The number of anilines is 1. The molecule has 3 rings (SSSR count). The first kappa shape index (κ1) is 17.4. The molecule has 1 aromatic carbocycles. The van der Waals surface area contributed by atoms with Crippen LogP contribution in [0.2, 0.25) is 0 Å². The van der Waals surface area contributed by atoms with Gasteiger partial charge in [0.1, 0.15) is 0 Å². The first-order chi connectivity index (χ1) is 12.0. The van der Waals surface area contributed by atoms with Crippen LogP contribution in [0, 0.1) is 0 Å². The second-order valence-electron chi connectivity index (χ2n) is 6.17. The molecule has 1 atom stereocenters. The Morgan fingerprint density at radius 3 is 2.92 bits per heavy atom. The van der Waals surface area contributed by atoms with Crippen molar-refractivity contribution in [1.82, 2.24) is 9.47 Å². The zero-order chi connectivity index (χ0) is 17.8. The normalized spacial score (nSPS) is 17.8. The van der Waals surface area contributed by atoms with Gasteiger partial charge in [-0.25, -0.2) is 0 Å². The van der Waals surface area contributed by atoms with Crippen molar-refractivity contribution in [2.75, 3.05) is 18.4 Å². The molecule has 1 unspecified atom stereocenters. The summed E-state index contributed by atoms with van der Waals surface area (Å²) in [4.78, 5) is 14.2. The Bertz CT molecular complexity index is 733. The number of nitrogens with zero attached hydrogens (tertiary/aromatic N) is 2. The van der Waals surface area contributed by atoms with E-state index in [-0.39, 0.29) is 12.5 Å². The van der Waals surface area contributed by atoms with Gasteiger partial charge >= 0.3 is 6.55 Å². The summed E-state index contributed by atoms with van der Waals surface area (Å²) in [6.45, 7) is -1.36. The summed E-state index contributed by atoms with van der Waals surface area (Å²) in [7, 11) is 0. The van der Waals surface area contributed by atoms with E-state index in [2.05, 4.69) is 5.32 Å². The monoisotopic (exact) mass is 349 g/mol. The van der Waals surface area contributed by atoms with Crippen molar-refractivity contribution in [2.24, 2.45) is 0 Å². The zero-order valence-electron chi connectivity index (χ0n) is 13.7. The molecule has 1 fully saturated rings. The van der Waals surface area contributed by atoms with Crippen LogP contribution in [0.4, 0.5) is 14.5 Å². The van der Waals surface area contributed by atoms with E-state index in [1.165, 1.54) is 6.20 Å². The van der Waals surface area contributed by atoms with Gasteiger partial charge in [0.25, 0.3) is 5.91 Å². The smallest absolute Gasteiger partial charge is 0.318 e. The third kappa shape index (κ3) is 4.17. The molecule has 7 heteroatoms. The largest absolute Gasteiger partial charge is 0.391 e. The number of hydrogen-bond donors (Lipinski definition) is 2. The van der Waals surface area contributed by atoms with Gasteiger partial charge in [-0.15, -0.1) is 0 Å². The highest BCUT2D eigenvalue weighted by Crippen LogP contribution is 2.19. The Morgan fingerprint density at radius 2 is 2.16 bits per heavy atom. The lowest BCUT2D eigenvalue weighted by Crippen LogP contribution is -2.42. The molecule has 0 spiro atoms. The number of benzene rings is 1. The van der Waals surface area contributed by atoms with E-state index in [1.54, 1.807) is 41.3 Å². The third-order valence-electron chi connectivity index (χ3n) is 4.34. The van der Waals surface area contributed by atoms with E-state index in [9.17, 15) is 18.7 Å². The number of halogens is 2. The average Bonchev–Trinajstić information content (AvgIpc) is 3.08. The second-order valence-corrected chi connectivity index (χ2v) is 6.17. The van der Waals surface area contributed by atoms with Crippen LogP contribution in [0.1, 0.15) is 35.4 Å². The topological polar surface area (TPSA) is 57.5 Å². The average molecular weight is 349 g/mol. The van der Waals surface area contributed by atoms with Crippen molar-refractivity contribution in [1.29, 1.82) is 0 Å². The highest BCUT2D eigenvalue weighted by molar-refractivity contribution is 5.95. The number of nitrogens with one attached hydrogen (secondary N) is 1. The van der Waals surface area contributed by atoms with Crippen LogP contribution in [0.5, 0.6) is 0 Å². The van der Waals surface area contributed by atoms with E-state index < -0.39 is 12.7 Å². The number of aromatic nitrogens is 1. The lowest BCUT2D eigenvalue weighted by Gasteiger charge is -2.30. The molecule has 0 radical (unpaired) electrons. The fourth-order valence-electron chi connectivity index (χ4n) is 3.05. The van der Waals surface area contributed by atoms with Gasteiger partial charge in [-0.2, -0.15) is 8.78 Å². The van der Waals surface area contributed by atoms with Gasteiger partial charge in [0.2, 0.25) is 0 Å². The molecular formula is C18H21F2N3O2. The molecule has 2 heterocycles. The van der Waals surface area contributed by atoms with E-state index in [4.69, 9.17) is 0 Å². The standard InChI is InChI=1S/C18H21F2N3O2/c19-18(20)23-9-2-6-15(23)11-21-14-5-1-4-13(10-14)17(25)22-8-3-7-16(24)12-22/h1-2,4-6,9-10,16,18,21,24H,3,7-8,11-12H2. The number of rotatable bonds is 5. The first-order valence-corrected chi connectivity index (χ1v) is 8.30. The van der Waals surface area contributed by atoms with Crippen molar-refractivity contribution >= 4 is 11.6 Å². The number of amides is 1. The molecule has 1 amide bonds. The molecule has 0 bridgehead atoms. The summed E-state index contributed by atoms with van der Waals surface area (Å²) >= 11 is 0. The van der Waals surface area contributed by atoms with Crippen LogP contribution in [-0.2, 0) is 6.54 Å². The molecule has 0 saturated carbocycles. The van der Waals surface area contributed by atoms with Gasteiger partial charge < -0.3 is 15.3 Å². The molecule has 2 aromatic rings. The summed E-state index contributed by atoms with van der Waals surface area (Å²) in [6.07, 6.45) is 2.37. The minimum Gasteiger partial charge on any atom is -0.391 e. The SMILES string of the molecule is O=C(c1cccc(NCc2cccn2C(F)F)c1)N1CCCC(O)C1. The van der Waals surface area contributed by atoms with Gasteiger partial charge in [-0.1, -0.05) is 6.07 Å². The minimum absolute atomic E-state index is 0.127. The number of piperidine rings is 1. The maximum absolute atomic E-state index is 12.9. The lowest BCUT2D eigenvalue weighted by molar-refractivity contribution is 0.0474. The summed E-state index contributed by atoms with van der Waals surface area (Å²) in [6, 6.07) is 10.2. The van der Waals surface area contributed by atoms with Gasteiger partial charge in [-0.05, 0) is 43.2 Å². The first-order valence-electron chi connectivity index (χ1n) is 8.30. The van der Waals surface area contributed by atoms with Crippen molar-refractivity contribution < 1.29 is 18.7 Å². The van der Waals surface area contributed by atoms with Crippen LogP contribution in [0.25, 0.3) is 0 Å². The molecule has 25 heavy (non-hydrogen) atoms. The van der Waals surface area contributed by atoms with Crippen LogP contribution in [0.3, 0.4) is 0 Å². The number of alkyl halides is 2. The molecule has 134 valence electrons. The summed E-state index contributed by atoms with van der Waals surface area (Å²) in [5.74, 6) is -0.127. The highest BCUT2D eigenvalue weighted by atomic mass is 19.3. The Kier molecular flexibility index (Phi) is 5.33. The maximum atomic E-state index is 12.9. The summed E-state index contributed by atoms with van der Waals surface area (Å²) in [5, 5.41) is 12.8. The van der Waals surface area contributed by atoms with Gasteiger partial charge in [0, 0.05) is 36.2 Å².